The maximum absolute atomic E-state index is 9.03. The normalized spacial score (nSPS) is 13.8. The van der Waals surface area contributed by atoms with Crippen molar-refractivity contribution in [1.82, 2.24) is 0 Å². The van der Waals surface area contributed by atoms with E-state index in [4.69, 9.17) is 40.5 Å². The van der Waals surface area contributed by atoms with E-state index in [2.05, 4.69) is 4.57 Å². The molecule has 0 amide bonds. The average molecular weight is 342 g/mol. The van der Waals surface area contributed by atoms with Crippen LogP contribution in [0.5, 0.6) is 0 Å². The fraction of sp³-hybridized carbons (Fsp3) is 1.00. The van der Waals surface area contributed by atoms with Crippen LogP contribution in [0.15, 0.2) is 0 Å². The molecule has 0 spiro atoms. The Morgan fingerprint density at radius 3 is 0.957 bits per heavy atom. The first-order chi connectivity index (χ1) is 9.96. The molecule has 2 unspecified atom stereocenters. The molecule has 0 bridgehead atoms. The van der Waals surface area contributed by atoms with Gasteiger partial charge in [-0.25, -0.2) is 0 Å². The van der Waals surface area contributed by atoms with Gasteiger partial charge in [-0.15, -0.1) is 0 Å². The molecule has 0 fully saturated rings. The van der Waals surface area contributed by atoms with Gasteiger partial charge in [-0.1, -0.05) is 0 Å². The summed E-state index contributed by atoms with van der Waals surface area (Å²) in [4.78, 5) is 0. The van der Waals surface area contributed by atoms with Crippen LogP contribution in [0.1, 0.15) is 54.4 Å². The molecule has 0 aromatic carbocycles. The van der Waals surface area contributed by atoms with Gasteiger partial charge in [0.25, 0.3) is 0 Å². The van der Waals surface area contributed by atoms with Crippen LogP contribution < -0.4 is 0 Å². The van der Waals surface area contributed by atoms with Gasteiger partial charge in [-0.2, -0.15) is 0 Å². The third-order valence-electron chi connectivity index (χ3n) is 1.83. The SMILES string of the molecule is CC(O)CC(C)(C)O.CC(O)CC(C)(C)O.OB(O)OB(O)O. The van der Waals surface area contributed by atoms with Crippen molar-refractivity contribution in [2.45, 2.75) is 77.8 Å². The van der Waals surface area contributed by atoms with Crippen molar-refractivity contribution in [1.29, 1.82) is 0 Å². The van der Waals surface area contributed by atoms with Gasteiger partial charge in [0, 0.05) is 12.8 Å². The summed E-state index contributed by atoms with van der Waals surface area (Å²) in [6.07, 6.45) is 0.0602. The highest BCUT2D eigenvalue weighted by atomic mass is 16.7. The lowest BCUT2D eigenvalue weighted by atomic mass is 10.0. The van der Waals surface area contributed by atoms with Gasteiger partial charge in [0.05, 0.1) is 23.4 Å². The smallest absolute Gasteiger partial charge is 0.402 e. The molecule has 8 N–H and O–H groups in total. The fourth-order valence-corrected chi connectivity index (χ4v) is 1.55. The van der Waals surface area contributed by atoms with Crippen LogP contribution in [0.2, 0.25) is 0 Å². The van der Waals surface area contributed by atoms with Crippen molar-refractivity contribution in [2.75, 3.05) is 0 Å². The van der Waals surface area contributed by atoms with Crippen LogP contribution >= 0.6 is 0 Å². The maximum Gasteiger partial charge on any atom is 0.621 e. The van der Waals surface area contributed by atoms with E-state index in [1.54, 1.807) is 41.5 Å². The van der Waals surface area contributed by atoms with Crippen LogP contribution in [0.25, 0.3) is 0 Å². The van der Waals surface area contributed by atoms with E-state index in [1.807, 2.05) is 0 Å². The largest absolute Gasteiger partial charge is 0.621 e. The first-order valence-electron chi connectivity index (χ1n) is 7.15. The van der Waals surface area contributed by atoms with Crippen molar-refractivity contribution in [3.05, 3.63) is 0 Å². The third kappa shape index (κ3) is 44.9. The lowest BCUT2D eigenvalue weighted by Crippen LogP contribution is -2.28. The zero-order valence-electron chi connectivity index (χ0n) is 14.7. The summed E-state index contributed by atoms with van der Waals surface area (Å²) >= 11 is 0. The summed E-state index contributed by atoms with van der Waals surface area (Å²) in [5, 5.41) is 66.5. The molecule has 140 valence electrons. The standard InChI is InChI=1S/2C6H14O2.B2H4O5/c2*1-5(7)4-6(2,3)8;3-1(4)7-2(5)6/h2*5,7-8H,4H2,1-3H3;3-6H. The Balaban J connectivity index is -0.000000262. The van der Waals surface area contributed by atoms with Gasteiger partial charge in [-0.05, 0) is 41.5 Å². The van der Waals surface area contributed by atoms with E-state index in [0.29, 0.717) is 12.8 Å². The molecule has 0 saturated carbocycles. The molecule has 0 rings (SSSR count). The number of rotatable bonds is 6. The Kier molecular flexibility index (Phi) is 15.7. The highest BCUT2D eigenvalue weighted by molar-refractivity contribution is 6.48. The lowest BCUT2D eigenvalue weighted by molar-refractivity contribution is 0.0238. The average Bonchev–Trinajstić information content (AvgIpc) is 2.06. The molecule has 11 heteroatoms. The Morgan fingerprint density at radius 2 is 0.957 bits per heavy atom. The van der Waals surface area contributed by atoms with Gasteiger partial charge in [0.2, 0.25) is 0 Å². The van der Waals surface area contributed by atoms with E-state index < -0.39 is 38.1 Å². The fourth-order valence-electron chi connectivity index (χ4n) is 1.55. The third-order valence-corrected chi connectivity index (χ3v) is 1.83. The highest BCUT2D eigenvalue weighted by Gasteiger charge is 2.18. The van der Waals surface area contributed by atoms with E-state index in [1.165, 1.54) is 0 Å². The van der Waals surface area contributed by atoms with Gasteiger partial charge in [0.15, 0.2) is 0 Å². The van der Waals surface area contributed by atoms with Crippen LogP contribution in [-0.2, 0) is 4.57 Å². The van der Waals surface area contributed by atoms with E-state index in [0.717, 1.165) is 0 Å². The summed E-state index contributed by atoms with van der Waals surface area (Å²) in [5.74, 6) is 0. The van der Waals surface area contributed by atoms with Gasteiger partial charge in [0.1, 0.15) is 0 Å². The van der Waals surface area contributed by atoms with Crippen LogP contribution in [0.3, 0.4) is 0 Å². The Morgan fingerprint density at radius 1 is 0.739 bits per heavy atom. The van der Waals surface area contributed by atoms with Crippen molar-refractivity contribution in [2.24, 2.45) is 0 Å². The zero-order chi connectivity index (χ0) is 19.4. The van der Waals surface area contributed by atoms with Gasteiger partial charge < -0.3 is 45.1 Å². The van der Waals surface area contributed by atoms with E-state index in [9.17, 15) is 0 Å². The lowest BCUT2D eigenvalue weighted by Gasteiger charge is -2.18. The zero-order valence-corrected chi connectivity index (χ0v) is 14.7. The molecule has 2 atom stereocenters. The maximum atomic E-state index is 9.03. The number of aliphatic hydroxyl groups excluding tert-OH is 2. The molecule has 9 nitrogen and oxygen atoms in total. The summed E-state index contributed by atoms with van der Waals surface area (Å²) in [5.41, 5.74) is -1.46. The first-order valence-corrected chi connectivity index (χ1v) is 7.15. The predicted molar refractivity (Wildman–Crippen MR) is 86.7 cm³/mol. The molecular weight excluding hydrogens is 310 g/mol. The summed E-state index contributed by atoms with van der Waals surface area (Å²) < 4.78 is 3.47. The van der Waals surface area contributed by atoms with Crippen molar-refractivity contribution in [3.8, 4) is 0 Å². The first kappa shape index (κ1) is 27.6. The molecule has 23 heavy (non-hydrogen) atoms. The van der Waals surface area contributed by atoms with Crippen LogP contribution in [0, 0.1) is 0 Å². The molecule has 0 saturated heterocycles. The second-order valence-electron chi connectivity index (χ2n) is 6.52. The quantitative estimate of drug-likeness (QED) is 0.254. The van der Waals surface area contributed by atoms with Crippen LogP contribution in [0.4, 0.5) is 0 Å². The molecule has 0 aromatic heterocycles. The molecule has 0 aliphatic carbocycles. The summed E-state index contributed by atoms with van der Waals surface area (Å²) in [6.45, 7) is 10.1. The van der Waals surface area contributed by atoms with Gasteiger partial charge >= 0.3 is 14.6 Å². The summed E-state index contributed by atoms with van der Waals surface area (Å²) in [6, 6.07) is 0. The minimum Gasteiger partial charge on any atom is -0.402 e. The molecular formula is C12H32B2O9. The second kappa shape index (κ2) is 13.1. The van der Waals surface area contributed by atoms with E-state index >= 15 is 0 Å². The molecule has 0 heterocycles. The highest BCUT2D eigenvalue weighted by Crippen LogP contribution is 2.09. The topological polar surface area (TPSA) is 171 Å². The molecule has 0 aromatic rings. The predicted octanol–water partition coefficient (Wildman–Crippen LogP) is -2.00. The molecule has 0 radical (unpaired) electrons. The summed E-state index contributed by atoms with van der Waals surface area (Å²) in [7, 11) is -4.25. The number of hydrogen-bond acceptors (Lipinski definition) is 9. The minimum atomic E-state index is -2.13. The Bertz CT molecular complexity index is 234. The van der Waals surface area contributed by atoms with E-state index in [-0.39, 0.29) is 0 Å². The van der Waals surface area contributed by atoms with Crippen molar-refractivity contribution >= 4 is 14.6 Å². The minimum absolute atomic E-state index is 0.407. The van der Waals surface area contributed by atoms with Crippen LogP contribution in [-0.4, -0.2) is 78.6 Å². The number of aliphatic hydroxyl groups is 4. The Labute approximate surface area is 138 Å². The van der Waals surface area contributed by atoms with Crippen molar-refractivity contribution < 1.29 is 45.1 Å². The van der Waals surface area contributed by atoms with Gasteiger partial charge in [-0.3, -0.25) is 0 Å². The molecule has 0 aliphatic rings. The van der Waals surface area contributed by atoms with Crippen molar-refractivity contribution in [3.63, 3.8) is 0 Å². The number of hydrogen-bond donors (Lipinski definition) is 8. The monoisotopic (exact) mass is 342 g/mol. The second-order valence-corrected chi connectivity index (χ2v) is 6.52. The molecule has 0 aliphatic heterocycles. The Hall–Kier alpha value is -0.230.